The number of anilines is 2. The molecular weight excluding hydrogens is 590 g/mol. The van der Waals surface area contributed by atoms with Crippen LogP contribution in [-0.2, 0) is 23.2 Å². The van der Waals surface area contributed by atoms with Crippen LogP contribution in [0.3, 0.4) is 0 Å². The third-order valence-electron chi connectivity index (χ3n) is 10.6. The minimum absolute atomic E-state index is 0.0991. The molecule has 1 spiro atoms. The molecule has 12 nitrogen and oxygen atoms in total. The van der Waals surface area contributed by atoms with Gasteiger partial charge in [-0.2, -0.15) is 10.4 Å². The van der Waals surface area contributed by atoms with Crippen LogP contribution in [0.1, 0.15) is 85.7 Å². The maximum atomic E-state index is 11.0. The summed E-state index contributed by atoms with van der Waals surface area (Å²) in [5, 5.41) is 32.0. The summed E-state index contributed by atoms with van der Waals surface area (Å²) >= 11 is 1.50. The van der Waals surface area contributed by atoms with Crippen molar-refractivity contribution >= 4 is 33.2 Å². The van der Waals surface area contributed by atoms with E-state index in [0.29, 0.717) is 47.9 Å². The molecule has 3 aliphatic heterocycles. The average Bonchev–Trinajstić information content (AvgIpc) is 3.81. The average molecular weight is 630 g/mol. The number of nitrogens with zero attached hydrogens (tertiary/aromatic N) is 8. The first-order valence-electron chi connectivity index (χ1n) is 16.0. The van der Waals surface area contributed by atoms with Gasteiger partial charge in [0, 0.05) is 29.6 Å². The number of likely N-dealkylation sites (N-methyl/N-ethyl adjacent to an activating group) is 1. The molecule has 8 rings (SSSR count). The second-order valence-electron chi connectivity index (χ2n) is 13.7. The lowest BCUT2D eigenvalue weighted by Gasteiger charge is -2.38. The number of ether oxygens (including phenoxy) is 1. The number of aromatic nitrogens is 5. The predicted molar refractivity (Wildman–Crippen MR) is 170 cm³/mol. The minimum Gasteiger partial charge on any atom is -0.389 e. The molecule has 0 saturated carbocycles. The van der Waals surface area contributed by atoms with Gasteiger partial charge in [-0.25, -0.2) is 14.6 Å². The molecule has 0 amide bonds. The lowest BCUT2D eigenvalue weighted by atomic mass is 9.68. The summed E-state index contributed by atoms with van der Waals surface area (Å²) in [6.07, 6.45) is 8.33. The first-order chi connectivity index (χ1) is 21.7. The van der Waals surface area contributed by atoms with E-state index in [0.717, 1.165) is 96.7 Å². The van der Waals surface area contributed by atoms with Gasteiger partial charge in [0.2, 0.25) is 0 Å². The standard InChI is InChI=1S/C32H39N9O3S/c1-18(22-7-5-11-39(22)3)41-30-20(14-35-41)29(40-12-6-9-31(2,42)16-40)36-28(37-30)25-21-15-43-17-32(26(21)44-38-25)10-4-8-23-24(32)19(13-33)27(34)45-23/h14,18,22,42H,4-12,15-17,34H2,1-3H3. The molecule has 0 bridgehead atoms. The molecule has 4 unspecified atom stereocenters. The van der Waals surface area contributed by atoms with Crippen molar-refractivity contribution < 1.29 is 14.4 Å². The fourth-order valence-corrected chi connectivity index (χ4v) is 9.55. The highest BCUT2D eigenvalue weighted by atomic mass is 32.1. The van der Waals surface area contributed by atoms with Crippen molar-refractivity contribution in [1.82, 2.24) is 29.8 Å². The van der Waals surface area contributed by atoms with E-state index in [9.17, 15) is 10.4 Å². The smallest absolute Gasteiger partial charge is 0.186 e. The molecule has 4 aromatic heterocycles. The topological polar surface area (TPSA) is 155 Å². The predicted octanol–water partition coefficient (Wildman–Crippen LogP) is 4.16. The third-order valence-corrected chi connectivity index (χ3v) is 11.6. The van der Waals surface area contributed by atoms with E-state index in [2.05, 4.69) is 35.0 Å². The molecule has 2 fully saturated rings. The van der Waals surface area contributed by atoms with Gasteiger partial charge in [-0.15, -0.1) is 11.3 Å². The van der Waals surface area contributed by atoms with Crippen molar-refractivity contribution in [1.29, 1.82) is 5.26 Å². The fourth-order valence-electron chi connectivity index (χ4n) is 8.39. The quantitative estimate of drug-likeness (QED) is 0.334. The zero-order chi connectivity index (χ0) is 31.1. The molecule has 0 radical (unpaired) electrons. The first-order valence-corrected chi connectivity index (χ1v) is 16.8. The van der Waals surface area contributed by atoms with Crippen LogP contribution in [0.15, 0.2) is 10.7 Å². The molecular formula is C32H39N9O3S. The van der Waals surface area contributed by atoms with Gasteiger partial charge in [-0.1, -0.05) is 5.16 Å². The number of hydrogen-bond acceptors (Lipinski definition) is 12. The largest absolute Gasteiger partial charge is 0.389 e. The Morgan fingerprint density at radius 3 is 2.87 bits per heavy atom. The van der Waals surface area contributed by atoms with Crippen molar-refractivity contribution in [3.05, 3.63) is 33.5 Å². The van der Waals surface area contributed by atoms with Gasteiger partial charge in [0.25, 0.3) is 0 Å². The number of thiophene rings is 1. The van der Waals surface area contributed by atoms with Gasteiger partial charge in [0.1, 0.15) is 16.9 Å². The summed E-state index contributed by atoms with van der Waals surface area (Å²) in [6, 6.07) is 2.81. The van der Waals surface area contributed by atoms with Crippen LogP contribution >= 0.6 is 11.3 Å². The summed E-state index contributed by atoms with van der Waals surface area (Å²) < 4.78 is 14.6. The van der Waals surface area contributed by atoms with Gasteiger partial charge in [-0.05, 0) is 72.4 Å². The van der Waals surface area contributed by atoms with Gasteiger partial charge < -0.3 is 29.9 Å². The number of nitrogen functional groups attached to an aromatic ring is 1. The summed E-state index contributed by atoms with van der Waals surface area (Å²) in [6.45, 7) is 7.12. The van der Waals surface area contributed by atoms with E-state index in [1.165, 1.54) is 11.3 Å². The van der Waals surface area contributed by atoms with Crippen LogP contribution in [0.25, 0.3) is 22.6 Å². The van der Waals surface area contributed by atoms with E-state index in [1.807, 2.05) is 17.8 Å². The van der Waals surface area contributed by atoms with Crippen LogP contribution in [0.2, 0.25) is 0 Å². The number of rotatable bonds is 4. The normalized spacial score (nSPS) is 27.5. The zero-order valence-corrected chi connectivity index (χ0v) is 26.9. The second-order valence-corrected chi connectivity index (χ2v) is 14.8. The molecule has 4 atom stereocenters. The fraction of sp³-hybridized carbons (Fsp3) is 0.594. The number of aryl methyl sites for hydroxylation is 1. The van der Waals surface area contributed by atoms with E-state index in [1.54, 1.807) is 0 Å². The summed E-state index contributed by atoms with van der Waals surface area (Å²) in [7, 11) is 2.18. The third kappa shape index (κ3) is 4.40. The van der Waals surface area contributed by atoms with Crippen molar-refractivity contribution in [3.63, 3.8) is 0 Å². The Morgan fingerprint density at radius 1 is 1.22 bits per heavy atom. The maximum Gasteiger partial charge on any atom is 0.186 e. The monoisotopic (exact) mass is 629 g/mol. The number of likely N-dealkylation sites (tertiary alicyclic amines) is 1. The van der Waals surface area contributed by atoms with Gasteiger partial charge in [0.15, 0.2) is 22.9 Å². The molecule has 1 aliphatic carbocycles. The minimum atomic E-state index is -0.821. The molecule has 3 N–H and O–H groups in total. The highest BCUT2D eigenvalue weighted by Crippen LogP contribution is 2.52. The Balaban J connectivity index is 1.30. The Kier molecular flexibility index (Phi) is 6.73. The number of nitriles is 1. The molecule has 0 aromatic carbocycles. The number of nitrogens with two attached hydrogens (primary N) is 1. The Bertz CT molecular complexity index is 1830. The van der Waals surface area contributed by atoms with Crippen LogP contribution < -0.4 is 10.6 Å². The van der Waals surface area contributed by atoms with E-state index in [4.69, 9.17) is 30.1 Å². The zero-order valence-electron chi connectivity index (χ0n) is 26.0. The lowest BCUT2D eigenvalue weighted by Crippen LogP contribution is -2.46. The molecule has 7 heterocycles. The molecule has 13 heteroatoms. The highest BCUT2D eigenvalue weighted by Gasteiger charge is 2.50. The second kappa shape index (κ2) is 10.5. The van der Waals surface area contributed by atoms with E-state index in [-0.39, 0.29) is 6.04 Å². The summed E-state index contributed by atoms with van der Waals surface area (Å²) in [5.74, 6) is 1.91. The number of aliphatic hydroxyl groups is 1. The summed E-state index contributed by atoms with van der Waals surface area (Å²) in [4.78, 5) is 16.0. The van der Waals surface area contributed by atoms with Gasteiger partial charge in [0.05, 0.1) is 53.0 Å². The van der Waals surface area contributed by atoms with Crippen molar-refractivity contribution in [2.24, 2.45) is 0 Å². The Hall–Kier alpha value is -3.57. The van der Waals surface area contributed by atoms with Crippen molar-refractivity contribution in [3.8, 4) is 17.6 Å². The van der Waals surface area contributed by atoms with Crippen LogP contribution in [0, 0.1) is 11.3 Å². The molecule has 236 valence electrons. The maximum absolute atomic E-state index is 11.0. The van der Waals surface area contributed by atoms with Crippen molar-refractivity contribution in [2.75, 3.05) is 43.9 Å². The van der Waals surface area contributed by atoms with Crippen molar-refractivity contribution in [2.45, 2.75) is 88.5 Å². The van der Waals surface area contributed by atoms with E-state index < -0.39 is 11.0 Å². The van der Waals surface area contributed by atoms with Gasteiger partial charge in [-0.3, -0.25) is 0 Å². The summed E-state index contributed by atoms with van der Waals surface area (Å²) in [5.41, 5.74) is 8.44. The van der Waals surface area contributed by atoms with Crippen LogP contribution in [0.5, 0.6) is 0 Å². The number of β-amino-alcohol motifs (C(OH)–C–C–N with tert-alkyl or cyclic N) is 1. The number of fused-ring (bicyclic) bond motifs is 5. The highest BCUT2D eigenvalue weighted by molar-refractivity contribution is 7.16. The Labute approximate surface area is 265 Å². The molecule has 4 aliphatic rings. The Morgan fingerprint density at radius 2 is 2.09 bits per heavy atom. The first kappa shape index (κ1) is 28.9. The molecule has 4 aromatic rings. The lowest BCUT2D eigenvalue weighted by molar-refractivity contribution is 0.0448. The molecule has 45 heavy (non-hydrogen) atoms. The van der Waals surface area contributed by atoms with Crippen LogP contribution in [0.4, 0.5) is 10.8 Å². The number of piperidine rings is 1. The van der Waals surface area contributed by atoms with Gasteiger partial charge >= 0.3 is 0 Å². The molecule has 2 saturated heterocycles. The SMILES string of the molecule is CC(C1CCCN1C)n1ncc2c(N3CCCC(C)(O)C3)nc(-c3noc4c3COCC43CCCc4sc(N)c(C#N)c43)nc21. The van der Waals surface area contributed by atoms with E-state index >= 15 is 0 Å². The number of hydrogen-bond donors (Lipinski definition) is 2. The van der Waals surface area contributed by atoms with Crippen LogP contribution in [-0.4, -0.2) is 79.8 Å².